The van der Waals surface area contributed by atoms with E-state index in [-0.39, 0.29) is 11.1 Å². The van der Waals surface area contributed by atoms with Gasteiger partial charge in [0.2, 0.25) is 0 Å². The van der Waals surface area contributed by atoms with Crippen LogP contribution in [0.2, 0.25) is 0 Å². The first-order valence-electron chi connectivity index (χ1n) is 6.47. The fourth-order valence-corrected chi connectivity index (χ4v) is 3.09. The molecule has 1 aliphatic rings. The Morgan fingerprint density at radius 1 is 1.32 bits per heavy atom. The number of alkyl halides is 1. The van der Waals surface area contributed by atoms with Crippen LogP contribution in [0, 0.1) is 5.92 Å². The molecule has 1 aliphatic heterocycles. The highest BCUT2D eigenvalue weighted by Gasteiger charge is 2.25. The first kappa shape index (κ1) is 12.8. The quantitative estimate of drug-likeness (QED) is 0.791. The van der Waals surface area contributed by atoms with Crippen LogP contribution >= 0.6 is 11.6 Å². The largest absolute Gasteiger partial charge is 0.381 e. The lowest BCUT2D eigenvalue weighted by molar-refractivity contribution is 0.185. The zero-order valence-electron chi connectivity index (χ0n) is 11.1. The smallest absolute Gasteiger partial charge is 0.328 e. The van der Waals surface area contributed by atoms with Crippen LogP contribution < -0.4 is 5.69 Å². The first-order valence-corrected chi connectivity index (χ1v) is 6.90. The molecule has 0 bridgehead atoms. The van der Waals surface area contributed by atoms with Crippen molar-refractivity contribution in [2.75, 3.05) is 13.2 Å². The topological polar surface area (TPSA) is 36.2 Å². The number of halogens is 1. The third-order valence-electron chi connectivity index (χ3n) is 3.99. The van der Waals surface area contributed by atoms with E-state index in [0.717, 1.165) is 36.2 Å². The zero-order chi connectivity index (χ0) is 13.6. The molecule has 2 unspecified atom stereocenters. The summed E-state index contributed by atoms with van der Waals surface area (Å²) in [5, 5.41) is -0.0535. The molecule has 102 valence electrons. The third-order valence-corrected chi connectivity index (χ3v) is 4.60. The Balaban J connectivity index is 2.06. The van der Waals surface area contributed by atoms with E-state index in [1.165, 1.54) is 0 Å². The molecule has 19 heavy (non-hydrogen) atoms. The molecule has 0 saturated carbocycles. The SMILES string of the molecule is Cn1c(=O)n(C)c2cc(C(Cl)C3CCOC3)ccc21. The maximum Gasteiger partial charge on any atom is 0.328 e. The van der Waals surface area contributed by atoms with E-state index in [2.05, 4.69) is 0 Å². The molecule has 2 aromatic rings. The van der Waals surface area contributed by atoms with E-state index in [9.17, 15) is 4.79 Å². The summed E-state index contributed by atoms with van der Waals surface area (Å²) >= 11 is 6.54. The highest BCUT2D eigenvalue weighted by Crippen LogP contribution is 2.35. The van der Waals surface area contributed by atoms with E-state index < -0.39 is 0 Å². The van der Waals surface area contributed by atoms with E-state index in [1.54, 1.807) is 23.2 Å². The van der Waals surface area contributed by atoms with Gasteiger partial charge >= 0.3 is 5.69 Å². The Kier molecular flexibility index (Phi) is 3.15. The lowest BCUT2D eigenvalue weighted by Gasteiger charge is -2.16. The molecule has 0 amide bonds. The minimum Gasteiger partial charge on any atom is -0.381 e. The zero-order valence-corrected chi connectivity index (χ0v) is 11.9. The van der Waals surface area contributed by atoms with Gasteiger partial charge in [-0.2, -0.15) is 0 Å². The predicted molar refractivity (Wildman–Crippen MR) is 75.7 cm³/mol. The molecule has 2 heterocycles. The van der Waals surface area contributed by atoms with Crippen molar-refractivity contribution in [2.45, 2.75) is 11.8 Å². The molecule has 1 aromatic carbocycles. The fraction of sp³-hybridized carbons (Fsp3) is 0.500. The van der Waals surface area contributed by atoms with Crippen LogP contribution in [0.15, 0.2) is 23.0 Å². The summed E-state index contributed by atoms with van der Waals surface area (Å²) in [5.41, 5.74) is 2.91. The highest BCUT2D eigenvalue weighted by atomic mass is 35.5. The minimum absolute atomic E-state index is 0.0116. The monoisotopic (exact) mass is 280 g/mol. The molecular formula is C14H17ClN2O2. The van der Waals surface area contributed by atoms with Crippen molar-refractivity contribution in [2.24, 2.45) is 20.0 Å². The first-order chi connectivity index (χ1) is 9.09. The van der Waals surface area contributed by atoms with E-state index in [1.807, 2.05) is 18.2 Å². The molecule has 0 aliphatic carbocycles. The summed E-state index contributed by atoms with van der Waals surface area (Å²) in [6.07, 6.45) is 1.000. The van der Waals surface area contributed by atoms with Gasteiger partial charge in [-0.25, -0.2) is 4.79 Å². The molecule has 1 saturated heterocycles. The van der Waals surface area contributed by atoms with Crippen molar-refractivity contribution in [1.82, 2.24) is 9.13 Å². The van der Waals surface area contributed by atoms with Gasteiger partial charge in [-0.15, -0.1) is 11.6 Å². The van der Waals surface area contributed by atoms with Gasteiger partial charge in [-0.3, -0.25) is 9.13 Å². The van der Waals surface area contributed by atoms with Crippen LogP contribution in [0.1, 0.15) is 17.4 Å². The van der Waals surface area contributed by atoms with Gasteiger partial charge in [0.15, 0.2) is 0 Å². The van der Waals surface area contributed by atoms with Crippen LogP contribution in [0.25, 0.3) is 11.0 Å². The van der Waals surface area contributed by atoms with Gasteiger partial charge in [-0.05, 0) is 24.1 Å². The summed E-state index contributed by atoms with van der Waals surface area (Å²) in [6, 6.07) is 6.00. The second kappa shape index (κ2) is 4.69. The average Bonchev–Trinajstić information content (AvgIpc) is 3.03. The molecule has 0 N–H and O–H groups in total. The highest BCUT2D eigenvalue weighted by molar-refractivity contribution is 6.21. The summed E-state index contributed by atoms with van der Waals surface area (Å²) in [5.74, 6) is 0.361. The van der Waals surface area contributed by atoms with E-state index >= 15 is 0 Å². The Morgan fingerprint density at radius 2 is 2.05 bits per heavy atom. The van der Waals surface area contributed by atoms with Gasteiger partial charge < -0.3 is 4.74 Å². The Hall–Kier alpha value is -1.26. The van der Waals surface area contributed by atoms with Crippen LogP contribution in [0.5, 0.6) is 0 Å². The van der Waals surface area contributed by atoms with Gasteiger partial charge in [0, 0.05) is 26.6 Å². The Morgan fingerprint density at radius 3 is 2.74 bits per heavy atom. The maximum absolute atomic E-state index is 11.9. The lowest BCUT2D eigenvalue weighted by Crippen LogP contribution is -2.19. The Bertz CT molecular complexity index is 668. The molecule has 1 fully saturated rings. The number of fused-ring (bicyclic) bond motifs is 1. The third kappa shape index (κ3) is 1.99. The molecule has 0 radical (unpaired) electrons. The maximum atomic E-state index is 11.9. The molecule has 2 atom stereocenters. The number of ether oxygens (including phenoxy) is 1. The number of hydrogen-bond acceptors (Lipinski definition) is 2. The van der Waals surface area contributed by atoms with Crippen LogP contribution in [0.3, 0.4) is 0 Å². The van der Waals surface area contributed by atoms with Crippen LogP contribution in [-0.2, 0) is 18.8 Å². The van der Waals surface area contributed by atoms with Crippen molar-refractivity contribution in [3.05, 3.63) is 34.2 Å². The van der Waals surface area contributed by atoms with Crippen molar-refractivity contribution >= 4 is 22.6 Å². The van der Waals surface area contributed by atoms with Crippen LogP contribution in [0.4, 0.5) is 0 Å². The van der Waals surface area contributed by atoms with Crippen molar-refractivity contribution < 1.29 is 4.74 Å². The molecule has 0 spiro atoms. The van der Waals surface area contributed by atoms with Gasteiger partial charge in [0.25, 0.3) is 0 Å². The summed E-state index contributed by atoms with van der Waals surface area (Å²) in [7, 11) is 3.57. The molecule has 5 heteroatoms. The summed E-state index contributed by atoms with van der Waals surface area (Å²) < 4.78 is 8.70. The number of aromatic nitrogens is 2. The van der Waals surface area contributed by atoms with E-state index in [4.69, 9.17) is 16.3 Å². The lowest BCUT2D eigenvalue weighted by atomic mass is 9.98. The van der Waals surface area contributed by atoms with Gasteiger partial charge in [0.1, 0.15) is 0 Å². The van der Waals surface area contributed by atoms with Crippen LogP contribution in [-0.4, -0.2) is 22.3 Å². The van der Waals surface area contributed by atoms with Crippen molar-refractivity contribution in [1.29, 1.82) is 0 Å². The number of aryl methyl sites for hydroxylation is 2. The minimum atomic E-state index is -0.0535. The second-order valence-electron chi connectivity index (χ2n) is 5.17. The normalized spacial score (nSPS) is 21.1. The number of hydrogen-bond donors (Lipinski definition) is 0. The molecule has 3 rings (SSSR count). The van der Waals surface area contributed by atoms with Gasteiger partial charge in [-0.1, -0.05) is 6.07 Å². The number of nitrogens with zero attached hydrogens (tertiary/aromatic N) is 2. The van der Waals surface area contributed by atoms with Gasteiger partial charge in [0.05, 0.1) is 23.0 Å². The summed E-state index contributed by atoms with van der Waals surface area (Å²) in [4.78, 5) is 11.9. The Labute approximate surface area is 116 Å². The molecular weight excluding hydrogens is 264 g/mol. The number of imidazole rings is 1. The van der Waals surface area contributed by atoms with Crippen molar-refractivity contribution in [3.63, 3.8) is 0 Å². The summed E-state index contributed by atoms with van der Waals surface area (Å²) in [6.45, 7) is 1.51. The predicted octanol–water partition coefficient (Wildman–Crippen LogP) is 2.19. The standard InChI is InChI=1S/C14H17ClN2O2/c1-16-11-4-3-9(7-12(11)17(2)14(16)18)13(15)10-5-6-19-8-10/h3-4,7,10,13H,5-6,8H2,1-2H3. The number of benzene rings is 1. The van der Waals surface area contributed by atoms with E-state index in [0.29, 0.717) is 5.92 Å². The molecule has 4 nitrogen and oxygen atoms in total. The van der Waals surface area contributed by atoms with Crippen molar-refractivity contribution in [3.8, 4) is 0 Å². The average molecular weight is 281 g/mol. The second-order valence-corrected chi connectivity index (χ2v) is 5.64. The number of rotatable bonds is 2. The molecule has 1 aromatic heterocycles. The fourth-order valence-electron chi connectivity index (χ4n) is 2.75.